The minimum Gasteiger partial charge on any atom is -0.449 e. The van der Waals surface area contributed by atoms with Crippen molar-refractivity contribution in [1.29, 1.82) is 0 Å². The van der Waals surface area contributed by atoms with Gasteiger partial charge in [0.15, 0.2) is 5.89 Å². The maximum Gasteiger partial charge on any atom is 0.191 e. The summed E-state index contributed by atoms with van der Waals surface area (Å²) >= 11 is 0. The fourth-order valence-corrected chi connectivity index (χ4v) is 1.27. The lowest BCUT2D eigenvalue weighted by atomic mass is 10.2. The van der Waals surface area contributed by atoms with Gasteiger partial charge in [-0.15, -0.1) is 0 Å². The summed E-state index contributed by atoms with van der Waals surface area (Å²) in [5, 5.41) is 3.46. The molecule has 1 fully saturated rings. The summed E-state index contributed by atoms with van der Waals surface area (Å²) in [5.74, 6) is 0.745. The third kappa shape index (κ3) is 1.67. The van der Waals surface area contributed by atoms with Gasteiger partial charge < -0.3 is 9.73 Å². The van der Waals surface area contributed by atoms with Crippen molar-refractivity contribution in [3.63, 3.8) is 0 Å². The van der Waals surface area contributed by atoms with Crippen LogP contribution in [0.1, 0.15) is 37.4 Å². The Morgan fingerprint density at radius 1 is 1.67 bits per heavy atom. The smallest absolute Gasteiger partial charge is 0.191 e. The Morgan fingerprint density at radius 3 is 2.92 bits per heavy atom. The van der Waals surface area contributed by atoms with E-state index in [-0.39, 0.29) is 0 Å². The van der Waals surface area contributed by atoms with Gasteiger partial charge in [0.2, 0.25) is 0 Å². The molecular weight excluding hydrogens is 152 g/mol. The number of oxazole rings is 1. The predicted octanol–water partition coefficient (Wildman–Crippen LogP) is 1.80. The average Bonchev–Trinajstić information content (AvgIpc) is 2.72. The van der Waals surface area contributed by atoms with Gasteiger partial charge >= 0.3 is 0 Å². The molecule has 1 atom stereocenters. The number of aryl methyl sites for hydroxylation is 1. The van der Waals surface area contributed by atoms with Crippen LogP contribution in [0, 0.1) is 6.92 Å². The predicted molar refractivity (Wildman–Crippen MR) is 45.8 cm³/mol. The summed E-state index contributed by atoms with van der Waals surface area (Å²) in [6.07, 6.45) is 4.34. The van der Waals surface area contributed by atoms with E-state index in [9.17, 15) is 0 Å². The van der Waals surface area contributed by atoms with Gasteiger partial charge in [0.25, 0.3) is 0 Å². The summed E-state index contributed by atoms with van der Waals surface area (Å²) in [7, 11) is 0. The van der Waals surface area contributed by atoms with Crippen LogP contribution < -0.4 is 5.32 Å². The Balaban J connectivity index is 1.97. The van der Waals surface area contributed by atoms with Gasteiger partial charge in [-0.2, -0.15) is 0 Å². The van der Waals surface area contributed by atoms with E-state index in [1.54, 1.807) is 6.26 Å². The van der Waals surface area contributed by atoms with Crippen LogP contribution in [0.15, 0.2) is 10.7 Å². The Kier molecular flexibility index (Phi) is 1.89. The molecule has 1 aromatic rings. The summed E-state index contributed by atoms with van der Waals surface area (Å²) in [5.41, 5.74) is 1.01. The SMILES string of the molecule is Cc1nc(C(C)NC2CC2)co1. The van der Waals surface area contributed by atoms with Gasteiger partial charge in [-0.25, -0.2) is 4.98 Å². The van der Waals surface area contributed by atoms with Crippen molar-refractivity contribution >= 4 is 0 Å². The molecule has 0 aromatic carbocycles. The van der Waals surface area contributed by atoms with Crippen LogP contribution in [0.3, 0.4) is 0 Å². The van der Waals surface area contributed by atoms with E-state index in [2.05, 4.69) is 17.2 Å². The van der Waals surface area contributed by atoms with Crippen molar-refractivity contribution in [1.82, 2.24) is 10.3 Å². The summed E-state index contributed by atoms with van der Waals surface area (Å²) in [4.78, 5) is 4.26. The fraction of sp³-hybridized carbons (Fsp3) is 0.667. The minimum absolute atomic E-state index is 0.329. The largest absolute Gasteiger partial charge is 0.449 e. The molecule has 12 heavy (non-hydrogen) atoms. The van der Waals surface area contributed by atoms with Crippen LogP contribution in [0.4, 0.5) is 0 Å². The van der Waals surface area contributed by atoms with Crippen LogP contribution in [0.25, 0.3) is 0 Å². The first-order chi connectivity index (χ1) is 5.75. The molecule has 1 heterocycles. The number of nitrogens with one attached hydrogen (secondary N) is 1. The lowest BCUT2D eigenvalue weighted by molar-refractivity contribution is 0.515. The average molecular weight is 166 g/mol. The van der Waals surface area contributed by atoms with E-state index in [0.717, 1.165) is 17.6 Å². The number of hydrogen-bond acceptors (Lipinski definition) is 3. The molecule has 0 radical (unpaired) electrons. The molecule has 0 amide bonds. The number of nitrogens with zero attached hydrogens (tertiary/aromatic N) is 1. The molecule has 1 aromatic heterocycles. The van der Waals surface area contributed by atoms with Crippen LogP contribution in [0.2, 0.25) is 0 Å². The molecule has 1 saturated carbocycles. The van der Waals surface area contributed by atoms with Crippen LogP contribution >= 0.6 is 0 Å². The standard InChI is InChI=1S/C9H14N2O/c1-6(10-8-3-4-8)9-5-12-7(2)11-9/h5-6,8,10H,3-4H2,1-2H3. The molecular formula is C9H14N2O. The van der Waals surface area contributed by atoms with E-state index in [1.807, 2.05) is 6.92 Å². The van der Waals surface area contributed by atoms with Crippen molar-refractivity contribution < 1.29 is 4.42 Å². The fourth-order valence-electron chi connectivity index (χ4n) is 1.27. The normalized spacial score (nSPS) is 19.5. The summed E-state index contributed by atoms with van der Waals surface area (Å²) < 4.78 is 5.14. The number of hydrogen-bond donors (Lipinski definition) is 1. The van der Waals surface area contributed by atoms with Crippen LogP contribution in [0.5, 0.6) is 0 Å². The number of aromatic nitrogens is 1. The summed E-state index contributed by atoms with van der Waals surface area (Å²) in [6.45, 7) is 3.99. The quantitative estimate of drug-likeness (QED) is 0.744. The zero-order valence-corrected chi connectivity index (χ0v) is 7.50. The van der Waals surface area contributed by atoms with Gasteiger partial charge in [-0.3, -0.25) is 0 Å². The van der Waals surface area contributed by atoms with Gasteiger partial charge in [0.1, 0.15) is 6.26 Å². The Bertz CT molecular complexity index is 265. The van der Waals surface area contributed by atoms with E-state index in [0.29, 0.717) is 6.04 Å². The number of rotatable bonds is 3. The molecule has 1 aliphatic carbocycles. The molecule has 66 valence electrons. The van der Waals surface area contributed by atoms with Crippen molar-refractivity contribution in [2.24, 2.45) is 0 Å². The van der Waals surface area contributed by atoms with Crippen LogP contribution in [-0.4, -0.2) is 11.0 Å². The molecule has 1 aliphatic rings. The Labute approximate surface area is 72.2 Å². The topological polar surface area (TPSA) is 38.1 Å². The van der Waals surface area contributed by atoms with E-state index >= 15 is 0 Å². The van der Waals surface area contributed by atoms with Crippen LogP contribution in [-0.2, 0) is 0 Å². The van der Waals surface area contributed by atoms with Crippen molar-refractivity contribution in [2.45, 2.75) is 38.8 Å². The van der Waals surface area contributed by atoms with Crippen molar-refractivity contribution in [2.75, 3.05) is 0 Å². The highest BCUT2D eigenvalue weighted by atomic mass is 16.3. The van der Waals surface area contributed by atoms with Crippen molar-refractivity contribution in [3.05, 3.63) is 17.8 Å². The summed E-state index contributed by atoms with van der Waals surface area (Å²) in [6, 6.07) is 1.05. The second-order valence-corrected chi connectivity index (χ2v) is 3.45. The van der Waals surface area contributed by atoms with Gasteiger partial charge in [0, 0.05) is 13.0 Å². The maximum absolute atomic E-state index is 5.14. The second kappa shape index (κ2) is 2.90. The Hall–Kier alpha value is -0.830. The first-order valence-corrected chi connectivity index (χ1v) is 4.44. The maximum atomic E-state index is 5.14. The first-order valence-electron chi connectivity index (χ1n) is 4.44. The highest BCUT2D eigenvalue weighted by molar-refractivity contribution is 5.02. The molecule has 0 saturated heterocycles. The Morgan fingerprint density at radius 2 is 2.42 bits per heavy atom. The molecule has 0 bridgehead atoms. The van der Waals surface area contributed by atoms with Gasteiger partial charge in [-0.1, -0.05) is 0 Å². The third-order valence-electron chi connectivity index (χ3n) is 2.14. The van der Waals surface area contributed by atoms with E-state index < -0.39 is 0 Å². The lowest BCUT2D eigenvalue weighted by Crippen LogP contribution is -2.20. The highest BCUT2D eigenvalue weighted by Gasteiger charge is 2.24. The van der Waals surface area contributed by atoms with E-state index in [1.165, 1.54) is 12.8 Å². The van der Waals surface area contributed by atoms with Crippen molar-refractivity contribution in [3.8, 4) is 0 Å². The third-order valence-corrected chi connectivity index (χ3v) is 2.14. The van der Waals surface area contributed by atoms with Gasteiger partial charge in [0.05, 0.1) is 11.7 Å². The molecule has 1 N–H and O–H groups in total. The zero-order valence-electron chi connectivity index (χ0n) is 7.50. The zero-order chi connectivity index (χ0) is 8.55. The molecule has 3 heteroatoms. The molecule has 3 nitrogen and oxygen atoms in total. The monoisotopic (exact) mass is 166 g/mol. The second-order valence-electron chi connectivity index (χ2n) is 3.45. The molecule has 0 aliphatic heterocycles. The van der Waals surface area contributed by atoms with Gasteiger partial charge in [-0.05, 0) is 19.8 Å². The van der Waals surface area contributed by atoms with E-state index in [4.69, 9.17) is 4.42 Å². The molecule has 0 spiro atoms. The molecule has 2 rings (SSSR count). The first kappa shape index (κ1) is 7.80. The molecule has 1 unspecified atom stereocenters. The minimum atomic E-state index is 0.329. The highest BCUT2D eigenvalue weighted by Crippen LogP contribution is 2.23. The lowest BCUT2D eigenvalue weighted by Gasteiger charge is -2.08.